The number of H-pyrrole nitrogens is 1. The zero-order valence-corrected chi connectivity index (χ0v) is 13.4. The molecule has 2 heterocycles. The summed E-state index contributed by atoms with van der Waals surface area (Å²) in [7, 11) is 0. The topological polar surface area (TPSA) is 53.6 Å². The Balaban J connectivity index is 1.89. The number of benzene rings is 2. The fourth-order valence-corrected chi connectivity index (χ4v) is 2.79. The first kappa shape index (κ1) is 16.1. The van der Waals surface area contributed by atoms with Gasteiger partial charge in [-0.1, -0.05) is 48.5 Å². The molecule has 0 bridgehead atoms. The molecule has 0 aliphatic heterocycles. The van der Waals surface area contributed by atoms with E-state index < -0.39 is 11.7 Å². The standard InChI is InChI=1S/C19H13F3N4/c20-19(21,22)14-11-15(23-13-9-5-2-6-10-13)24-18-16(14)17(25-26-18)12-7-3-1-4-8-12/h1-11H,(H2,23,24,25,26). The molecule has 2 N–H and O–H groups in total. The molecule has 0 atom stereocenters. The van der Waals surface area contributed by atoms with Gasteiger partial charge in [0, 0.05) is 11.3 Å². The Hall–Kier alpha value is -3.35. The van der Waals surface area contributed by atoms with Crippen LogP contribution >= 0.6 is 0 Å². The van der Waals surface area contributed by atoms with Gasteiger partial charge < -0.3 is 5.32 Å². The zero-order chi connectivity index (χ0) is 18.1. The quantitative estimate of drug-likeness (QED) is 0.519. The van der Waals surface area contributed by atoms with Crippen molar-refractivity contribution in [1.29, 1.82) is 0 Å². The van der Waals surface area contributed by atoms with Crippen molar-refractivity contribution in [3.63, 3.8) is 0 Å². The third-order valence-electron chi connectivity index (χ3n) is 3.94. The molecule has 0 aliphatic carbocycles. The second-order valence-corrected chi connectivity index (χ2v) is 5.71. The van der Waals surface area contributed by atoms with E-state index in [0.29, 0.717) is 16.9 Å². The van der Waals surface area contributed by atoms with Crippen molar-refractivity contribution in [2.45, 2.75) is 6.18 Å². The average molecular weight is 354 g/mol. The number of halogens is 3. The van der Waals surface area contributed by atoms with Gasteiger partial charge in [-0.2, -0.15) is 18.3 Å². The SMILES string of the molecule is FC(F)(F)c1cc(Nc2ccccc2)nc2n[nH]c(-c3ccccc3)c12. The first-order valence-electron chi connectivity index (χ1n) is 7.86. The fourth-order valence-electron chi connectivity index (χ4n) is 2.79. The van der Waals surface area contributed by atoms with Crippen LogP contribution in [0.1, 0.15) is 5.56 Å². The molecular formula is C19H13F3N4. The second kappa shape index (κ2) is 6.18. The maximum Gasteiger partial charge on any atom is 0.417 e. The van der Waals surface area contributed by atoms with E-state index in [-0.39, 0.29) is 16.9 Å². The molecule has 2 aromatic heterocycles. The smallest absolute Gasteiger partial charge is 0.340 e. The van der Waals surface area contributed by atoms with E-state index in [4.69, 9.17) is 0 Å². The molecule has 0 saturated heterocycles. The van der Waals surface area contributed by atoms with E-state index in [2.05, 4.69) is 20.5 Å². The Morgan fingerprint density at radius 1 is 0.885 bits per heavy atom. The molecule has 0 unspecified atom stereocenters. The highest BCUT2D eigenvalue weighted by Crippen LogP contribution is 2.39. The molecule has 0 aliphatic rings. The first-order valence-corrected chi connectivity index (χ1v) is 7.86. The van der Waals surface area contributed by atoms with Crippen LogP contribution in [0.4, 0.5) is 24.7 Å². The van der Waals surface area contributed by atoms with Crippen LogP contribution in [0, 0.1) is 0 Å². The van der Waals surface area contributed by atoms with Crippen molar-refractivity contribution >= 4 is 22.5 Å². The van der Waals surface area contributed by atoms with Crippen LogP contribution in [0.3, 0.4) is 0 Å². The number of para-hydroxylation sites is 1. The van der Waals surface area contributed by atoms with E-state index in [1.807, 2.05) is 6.07 Å². The third kappa shape index (κ3) is 2.99. The molecule has 4 aromatic rings. The zero-order valence-electron chi connectivity index (χ0n) is 13.4. The van der Waals surface area contributed by atoms with Crippen LogP contribution < -0.4 is 5.32 Å². The van der Waals surface area contributed by atoms with Gasteiger partial charge in [-0.25, -0.2) is 4.98 Å². The number of alkyl halides is 3. The summed E-state index contributed by atoms with van der Waals surface area (Å²) in [6.07, 6.45) is -4.54. The predicted octanol–water partition coefficient (Wildman–Crippen LogP) is 5.39. The van der Waals surface area contributed by atoms with Gasteiger partial charge in [0.2, 0.25) is 0 Å². The minimum absolute atomic E-state index is 0.0112. The number of nitrogens with one attached hydrogen (secondary N) is 2. The molecular weight excluding hydrogens is 341 g/mol. The minimum atomic E-state index is -4.54. The van der Waals surface area contributed by atoms with Gasteiger partial charge >= 0.3 is 6.18 Å². The predicted molar refractivity (Wildman–Crippen MR) is 94.1 cm³/mol. The van der Waals surface area contributed by atoms with Crippen molar-refractivity contribution < 1.29 is 13.2 Å². The van der Waals surface area contributed by atoms with Gasteiger partial charge in [-0.3, -0.25) is 5.10 Å². The minimum Gasteiger partial charge on any atom is -0.340 e. The van der Waals surface area contributed by atoms with E-state index >= 15 is 0 Å². The summed E-state index contributed by atoms with van der Waals surface area (Å²) >= 11 is 0. The van der Waals surface area contributed by atoms with E-state index in [9.17, 15) is 13.2 Å². The molecule has 0 saturated carbocycles. The van der Waals surface area contributed by atoms with Gasteiger partial charge in [0.25, 0.3) is 0 Å². The largest absolute Gasteiger partial charge is 0.417 e. The monoisotopic (exact) mass is 354 g/mol. The normalized spacial score (nSPS) is 11.7. The maximum atomic E-state index is 13.7. The summed E-state index contributed by atoms with van der Waals surface area (Å²) in [4.78, 5) is 4.24. The Bertz CT molecular complexity index is 1040. The van der Waals surface area contributed by atoms with Crippen LogP contribution in [-0.2, 0) is 6.18 Å². The molecule has 130 valence electrons. The van der Waals surface area contributed by atoms with Crippen LogP contribution in [0.25, 0.3) is 22.3 Å². The lowest BCUT2D eigenvalue weighted by atomic mass is 10.0. The number of hydrogen-bond donors (Lipinski definition) is 2. The van der Waals surface area contributed by atoms with Crippen LogP contribution in [0.15, 0.2) is 66.7 Å². The molecule has 26 heavy (non-hydrogen) atoms. The Morgan fingerprint density at radius 2 is 1.54 bits per heavy atom. The summed E-state index contributed by atoms with van der Waals surface area (Å²) in [6, 6.07) is 18.7. The number of fused-ring (bicyclic) bond motifs is 1. The lowest BCUT2D eigenvalue weighted by Crippen LogP contribution is -2.08. The van der Waals surface area contributed by atoms with Crippen LogP contribution in [0.2, 0.25) is 0 Å². The highest BCUT2D eigenvalue weighted by molar-refractivity contribution is 5.95. The van der Waals surface area contributed by atoms with Crippen molar-refractivity contribution in [2.24, 2.45) is 0 Å². The molecule has 0 radical (unpaired) electrons. The number of hydrogen-bond acceptors (Lipinski definition) is 3. The average Bonchev–Trinajstić information content (AvgIpc) is 3.05. The van der Waals surface area contributed by atoms with Gasteiger partial charge in [0.15, 0.2) is 5.65 Å². The van der Waals surface area contributed by atoms with Gasteiger partial charge in [0.05, 0.1) is 16.6 Å². The highest BCUT2D eigenvalue weighted by atomic mass is 19.4. The summed E-state index contributed by atoms with van der Waals surface area (Å²) in [5.41, 5.74) is 0.787. The number of pyridine rings is 1. The van der Waals surface area contributed by atoms with Crippen molar-refractivity contribution in [1.82, 2.24) is 15.2 Å². The van der Waals surface area contributed by atoms with Crippen LogP contribution in [0.5, 0.6) is 0 Å². The van der Waals surface area contributed by atoms with Crippen LogP contribution in [-0.4, -0.2) is 15.2 Å². The number of aromatic amines is 1. The van der Waals surface area contributed by atoms with Gasteiger partial charge in [0.1, 0.15) is 5.82 Å². The number of anilines is 2. The molecule has 0 amide bonds. The van der Waals surface area contributed by atoms with Gasteiger partial charge in [-0.05, 0) is 18.2 Å². The fraction of sp³-hybridized carbons (Fsp3) is 0.0526. The van der Waals surface area contributed by atoms with Crippen molar-refractivity contribution in [3.8, 4) is 11.3 Å². The lowest BCUT2D eigenvalue weighted by molar-refractivity contribution is -0.136. The molecule has 0 fully saturated rings. The van der Waals surface area contributed by atoms with Crippen molar-refractivity contribution in [2.75, 3.05) is 5.32 Å². The first-order chi connectivity index (χ1) is 12.5. The molecule has 0 spiro atoms. The Labute approximate surface area is 146 Å². The molecule has 4 rings (SSSR count). The van der Waals surface area contributed by atoms with Crippen molar-refractivity contribution in [3.05, 3.63) is 72.3 Å². The third-order valence-corrected chi connectivity index (χ3v) is 3.94. The van der Waals surface area contributed by atoms with E-state index in [1.165, 1.54) is 0 Å². The summed E-state index contributed by atoms with van der Waals surface area (Å²) in [6.45, 7) is 0. The molecule has 2 aromatic carbocycles. The molecule has 7 heteroatoms. The van der Waals surface area contributed by atoms with E-state index in [0.717, 1.165) is 6.07 Å². The lowest BCUT2D eigenvalue weighted by Gasteiger charge is -2.12. The second-order valence-electron chi connectivity index (χ2n) is 5.71. The number of rotatable bonds is 3. The Morgan fingerprint density at radius 3 is 2.19 bits per heavy atom. The Kier molecular flexibility index (Phi) is 3.84. The van der Waals surface area contributed by atoms with E-state index in [1.54, 1.807) is 54.6 Å². The maximum absolute atomic E-state index is 13.7. The summed E-state index contributed by atoms with van der Waals surface area (Å²) in [5.74, 6) is 0.0853. The highest BCUT2D eigenvalue weighted by Gasteiger charge is 2.35. The number of aromatic nitrogens is 3. The summed E-state index contributed by atoms with van der Waals surface area (Å²) < 4.78 is 41.1. The molecule has 4 nitrogen and oxygen atoms in total. The number of nitrogens with zero attached hydrogens (tertiary/aromatic N) is 2. The van der Waals surface area contributed by atoms with Gasteiger partial charge in [-0.15, -0.1) is 0 Å². The summed E-state index contributed by atoms with van der Waals surface area (Å²) in [5, 5.41) is 9.54.